The topological polar surface area (TPSA) is 98.2 Å². The Morgan fingerprint density at radius 1 is 1.25 bits per heavy atom. The number of hydrogen-bond donors (Lipinski definition) is 2. The van der Waals surface area contributed by atoms with Gasteiger partial charge in [0.2, 0.25) is 5.91 Å². The van der Waals surface area contributed by atoms with Crippen LogP contribution in [0.2, 0.25) is 0 Å². The van der Waals surface area contributed by atoms with Crippen LogP contribution in [0.3, 0.4) is 0 Å². The van der Waals surface area contributed by atoms with Crippen LogP contribution in [0.5, 0.6) is 0 Å². The highest BCUT2D eigenvalue weighted by Gasteiger charge is 2.24. The Hall–Kier alpha value is -2.63. The second-order valence-electron chi connectivity index (χ2n) is 4.42. The number of nitrogens with one attached hydrogen (secondary N) is 1. The maximum atomic E-state index is 12.2. The summed E-state index contributed by atoms with van der Waals surface area (Å²) in [5, 5.41) is 6.31. The van der Waals surface area contributed by atoms with Crippen LogP contribution in [0.1, 0.15) is 33.4 Å². The molecule has 0 unspecified atom stereocenters. The van der Waals surface area contributed by atoms with E-state index in [4.69, 9.17) is 10.3 Å². The molecule has 0 fully saturated rings. The zero-order chi connectivity index (χ0) is 14.7. The first-order chi connectivity index (χ1) is 9.50. The molecule has 3 N–H and O–H groups in total. The Morgan fingerprint density at radius 3 is 2.40 bits per heavy atom. The second-order valence-corrected chi connectivity index (χ2v) is 4.42. The van der Waals surface area contributed by atoms with Crippen molar-refractivity contribution in [2.24, 2.45) is 5.73 Å². The van der Waals surface area contributed by atoms with E-state index in [1.54, 1.807) is 38.1 Å². The average molecular weight is 273 g/mol. The summed E-state index contributed by atoms with van der Waals surface area (Å²) < 4.78 is 4.94. The highest BCUT2D eigenvalue weighted by atomic mass is 16.5. The molecule has 0 aliphatic carbocycles. The van der Waals surface area contributed by atoms with Gasteiger partial charge in [0.15, 0.2) is 0 Å². The number of nitrogens with zero attached hydrogens (tertiary/aromatic N) is 1. The van der Waals surface area contributed by atoms with Gasteiger partial charge in [-0.2, -0.15) is 0 Å². The van der Waals surface area contributed by atoms with Gasteiger partial charge in [-0.1, -0.05) is 35.5 Å². The van der Waals surface area contributed by atoms with Crippen LogP contribution in [0.15, 0.2) is 34.9 Å². The molecule has 2 rings (SSSR count). The number of hydrogen-bond acceptors (Lipinski definition) is 4. The first-order valence-corrected chi connectivity index (χ1v) is 6.08. The van der Waals surface area contributed by atoms with Crippen molar-refractivity contribution in [3.05, 3.63) is 52.9 Å². The van der Waals surface area contributed by atoms with E-state index in [1.165, 1.54) is 0 Å². The fourth-order valence-corrected chi connectivity index (χ4v) is 1.97. The number of carbonyl (C=O) groups is 2. The van der Waals surface area contributed by atoms with Crippen LogP contribution in [-0.2, 0) is 4.79 Å². The van der Waals surface area contributed by atoms with Crippen molar-refractivity contribution < 1.29 is 14.1 Å². The Kier molecular flexibility index (Phi) is 3.84. The van der Waals surface area contributed by atoms with Gasteiger partial charge in [0.05, 0.1) is 5.69 Å². The predicted octanol–water partition coefficient (Wildman–Crippen LogP) is 1.25. The number of benzene rings is 1. The first-order valence-electron chi connectivity index (χ1n) is 6.08. The van der Waals surface area contributed by atoms with Crippen molar-refractivity contribution in [1.82, 2.24) is 10.5 Å². The van der Waals surface area contributed by atoms with Crippen molar-refractivity contribution in [1.29, 1.82) is 0 Å². The zero-order valence-corrected chi connectivity index (χ0v) is 11.2. The standard InChI is InChI=1S/C14H15N3O3/c1-8-11(9(2)20-17-8)14(19)16-12(13(15)18)10-6-4-3-5-7-10/h3-7,12H,1-2H3,(H2,15,18)(H,16,19)/t12-/m1/s1. The maximum absolute atomic E-state index is 12.2. The normalized spacial score (nSPS) is 11.9. The third kappa shape index (κ3) is 2.69. The number of primary amides is 1. The fourth-order valence-electron chi connectivity index (χ4n) is 1.97. The minimum atomic E-state index is -0.891. The highest BCUT2D eigenvalue weighted by molar-refractivity contribution is 5.99. The summed E-state index contributed by atoms with van der Waals surface area (Å²) in [6, 6.07) is 7.92. The number of aromatic nitrogens is 1. The molecule has 1 aromatic heterocycles. The lowest BCUT2D eigenvalue weighted by Gasteiger charge is -2.15. The summed E-state index contributed by atoms with van der Waals surface area (Å²) in [5.74, 6) is -0.665. The molecule has 2 aromatic rings. The first kappa shape index (κ1) is 13.8. The smallest absolute Gasteiger partial charge is 0.257 e. The van der Waals surface area contributed by atoms with Crippen LogP contribution in [0, 0.1) is 13.8 Å². The number of nitrogens with two attached hydrogens (primary N) is 1. The SMILES string of the molecule is Cc1noc(C)c1C(=O)N[C@@H](C(N)=O)c1ccccc1. The fraction of sp³-hybridized carbons (Fsp3) is 0.214. The lowest BCUT2D eigenvalue weighted by molar-refractivity contribution is -0.120. The summed E-state index contributed by atoms with van der Waals surface area (Å²) in [5.41, 5.74) is 6.77. The molecular weight excluding hydrogens is 258 g/mol. The monoisotopic (exact) mass is 273 g/mol. The maximum Gasteiger partial charge on any atom is 0.257 e. The molecule has 1 aromatic carbocycles. The minimum Gasteiger partial charge on any atom is -0.368 e. The third-order valence-electron chi connectivity index (χ3n) is 2.95. The highest BCUT2D eigenvalue weighted by Crippen LogP contribution is 2.16. The van der Waals surface area contributed by atoms with Gasteiger partial charge in [-0.3, -0.25) is 9.59 Å². The molecule has 0 saturated heterocycles. The molecule has 2 amide bonds. The van der Waals surface area contributed by atoms with E-state index in [-0.39, 0.29) is 0 Å². The van der Waals surface area contributed by atoms with Crippen LogP contribution in [-0.4, -0.2) is 17.0 Å². The van der Waals surface area contributed by atoms with Crippen molar-refractivity contribution in [2.45, 2.75) is 19.9 Å². The molecule has 1 atom stereocenters. The van der Waals surface area contributed by atoms with Gasteiger partial charge in [0.25, 0.3) is 5.91 Å². The summed E-state index contributed by atoms with van der Waals surface area (Å²) in [6.07, 6.45) is 0. The van der Waals surface area contributed by atoms with Gasteiger partial charge < -0.3 is 15.6 Å². The van der Waals surface area contributed by atoms with E-state index in [2.05, 4.69) is 10.5 Å². The molecule has 0 radical (unpaired) electrons. The van der Waals surface area contributed by atoms with Crippen molar-refractivity contribution in [3.63, 3.8) is 0 Å². The predicted molar refractivity (Wildman–Crippen MR) is 71.8 cm³/mol. The van der Waals surface area contributed by atoms with E-state index in [1.807, 2.05) is 6.07 Å². The molecule has 6 heteroatoms. The van der Waals surface area contributed by atoms with Crippen LogP contribution in [0.4, 0.5) is 0 Å². The summed E-state index contributed by atoms with van der Waals surface area (Å²) in [6.45, 7) is 3.30. The minimum absolute atomic E-state index is 0.326. The molecule has 6 nitrogen and oxygen atoms in total. The lowest BCUT2D eigenvalue weighted by Crippen LogP contribution is -2.37. The Bertz CT molecular complexity index is 615. The van der Waals surface area contributed by atoms with E-state index in [9.17, 15) is 9.59 Å². The Balaban J connectivity index is 2.26. The molecule has 0 spiro atoms. The Labute approximate surface area is 115 Å². The van der Waals surface area contributed by atoms with Crippen molar-refractivity contribution in [3.8, 4) is 0 Å². The molecule has 0 bridgehead atoms. The number of amides is 2. The molecule has 104 valence electrons. The average Bonchev–Trinajstić information content (AvgIpc) is 2.76. The van der Waals surface area contributed by atoms with Gasteiger partial charge in [-0.05, 0) is 19.4 Å². The number of rotatable bonds is 4. The molecule has 1 heterocycles. The van der Waals surface area contributed by atoms with E-state index in [0.717, 1.165) is 0 Å². The van der Waals surface area contributed by atoms with Crippen LogP contribution in [0.25, 0.3) is 0 Å². The molecular formula is C14H15N3O3. The summed E-state index contributed by atoms with van der Waals surface area (Å²) >= 11 is 0. The largest absolute Gasteiger partial charge is 0.368 e. The Morgan fingerprint density at radius 2 is 1.90 bits per heavy atom. The number of aryl methyl sites for hydroxylation is 2. The quantitative estimate of drug-likeness (QED) is 0.875. The van der Waals surface area contributed by atoms with Gasteiger partial charge in [0, 0.05) is 0 Å². The number of carbonyl (C=O) groups excluding carboxylic acids is 2. The molecule has 0 aliphatic rings. The summed E-state index contributed by atoms with van der Waals surface area (Å²) in [4.78, 5) is 23.8. The van der Waals surface area contributed by atoms with Crippen LogP contribution >= 0.6 is 0 Å². The van der Waals surface area contributed by atoms with E-state index < -0.39 is 17.9 Å². The van der Waals surface area contributed by atoms with Gasteiger partial charge in [0.1, 0.15) is 17.4 Å². The van der Waals surface area contributed by atoms with Crippen molar-refractivity contribution in [2.75, 3.05) is 0 Å². The molecule has 0 saturated carbocycles. The lowest BCUT2D eigenvalue weighted by atomic mass is 10.1. The summed E-state index contributed by atoms with van der Waals surface area (Å²) in [7, 11) is 0. The molecule has 20 heavy (non-hydrogen) atoms. The molecule has 0 aliphatic heterocycles. The van der Waals surface area contributed by atoms with Crippen molar-refractivity contribution >= 4 is 11.8 Å². The zero-order valence-electron chi connectivity index (χ0n) is 11.2. The van der Waals surface area contributed by atoms with Gasteiger partial charge in [-0.15, -0.1) is 0 Å². The van der Waals surface area contributed by atoms with Gasteiger partial charge >= 0.3 is 0 Å². The van der Waals surface area contributed by atoms with E-state index in [0.29, 0.717) is 22.6 Å². The van der Waals surface area contributed by atoms with Crippen LogP contribution < -0.4 is 11.1 Å². The van der Waals surface area contributed by atoms with E-state index >= 15 is 0 Å². The third-order valence-corrected chi connectivity index (χ3v) is 2.95. The van der Waals surface area contributed by atoms with Gasteiger partial charge in [-0.25, -0.2) is 0 Å². The second kappa shape index (κ2) is 5.56.